The number of benzene rings is 2. The number of hydrogen-bond donors (Lipinski definition) is 0. The monoisotopic (exact) mass is 238 g/mol. The van der Waals surface area contributed by atoms with Crippen LogP contribution in [0.5, 0.6) is 5.75 Å². The van der Waals surface area contributed by atoms with Crippen LogP contribution in [-0.4, -0.2) is 6.61 Å². The molecule has 1 heteroatoms. The van der Waals surface area contributed by atoms with Crippen LogP contribution in [0.1, 0.15) is 11.1 Å². The quantitative estimate of drug-likeness (QED) is 0.710. The molecule has 2 rings (SSSR count). The third-order valence-electron chi connectivity index (χ3n) is 2.73. The van der Waals surface area contributed by atoms with Gasteiger partial charge >= 0.3 is 0 Å². The lowest BCUT2D eigenvalue weighted by molar-refractivity contribution is 0.362. The number of rotatable bonds is 5. The summed E-state index contributed by atoms with van der Waals surface area (Å²) in [5.41, 5.74) is 2.58. The van der Waals surface area contributed by atoms with E-state index in [1.807, 2.05) is 18.2 Å². The van der Waals surface area contributed by atoms with E-state index in [0.717, 1.165) is 12.2 Å². The Bertz CT molecular complexity index is 483. The molecule has 92 valence electrons. The standard InChI is InChI=1S/C17H18O/c1-15-10-12-17(13-11-15)18-14-6-5-9-16-7-3-2-4-8-16/h2-8,10-13H,9,14H2,1H3. The third kappa shape index (κ3) is 4.10. The molecule has 0 aliphatic rings. The summed E-state index contributed by atoms with van der Waals surface area (Å²) in [6.45, 7) is 2.69. The fraction of sp³-hybridized carbons (Fsp3) is 0.176. The summed E-state index contributed by atoms with van der Waals surface area (Å²) in [6, 6.07) is 18.5. The highest BCUT2D eigenvalue weighted by molar-refractivity contribution is 5.26. The van der Waals surface area contributed by atoms with Gasteiger partial charge in [0, 0.05) is 0 Å². The van der Waals surface area contributed by atoms with Gasteiger partial charge in [-0.3, -0.25) is 0 Å². The van der Waals surface area contributed by atoms with Gasteiger partial charge in [0.15, 0.2) is 0 Å². The molecule has 0 amide bonds. The van der Waals surface area contributed by atoms with Crippen molar-refractivity contribution in [3.05, 3.63) is 77.9 Å². The van der Waals surface area contributed by atoms with E-state index in [0.29, 0.717) is 6.61 Å². The van der Waals surface area contributed by atoms with Crippen LogP contribution in [0.4, 0.5) is 0 Å². The van der Waals surface area contributed by atoms with E-state index in [9.17, 15) is 0 Å². The molecule has 0 spiro atoms. The Morgan fingerprint density at radius 2 is 1.61 bits per heavy atom. The molecule has 0 fully saturated rings. The predicted octanol–water partition coefficient (Wildman–Crippen LogP) is 4.17. The molecule has 18 heavy (non-hydrogen) atoms. The lowest BCUT2D eigenvalue weighted by atomic mass is 10.1. The minimum atomic E-state index is 0.621. The molecule has 1 nitrogen and oxygen atoms in total. The van der Waals surface area contributed by atoms with Crippen molar-refractivity contribution >= 4 is 0 Å². The number of ether oxygens (including phenoxy) is 1. The van der Waals surface area contributed by atoms with E-state index in [4.69, 9.17) is 4.74 Å². The Labute approximate surface area is 109 Å². The molecule has 0 saturated heterocycles. The van der Waals surface area contributed by atoms with Gasteiger partial charge in [-0.2, -0.15) is 0 Å². The molecule has 0 aliphatic carbocycles. The van der Waals surface area contributed by atoms with Crippen molar-refractivity contribution in [3.8, 4) is 5.75 Å². The Kier molecular flexibility index (Phi) is 4.60. The Morgan fingerprint density at radius 1 is 0.889 bits per heavy atom. The average Bonchev–Trinajstić information content (AvgIpc) is 2.42. The molecule has 0 heterocycles. The molecular weight excluding hydrogens is 220 g/mol. The summed E-state index contributed by atoms with van der Waals surface area (Å²) < 4.78 is 5.61. The van der Waals surface area contributed by atoms with Crippen LogP contribution < -0.4 is 4.74 Å². The van der Waals surface area contributed by atoms with Crippen LogP contribution >= 0.6 is 0 Å². The second-order valence-corrected chi connectivity index (χ2v) is 4.29. The zero-order valence-corrected chi connectivity index (χ0v) is 10.7. The van der Waals surface area contributed by atoms with Crippen LogP contribution in [0.15, 0.2) is 66.7 Å². The lowest BCUT2D eigenvalue weighted by Gasteiger charge is -2.02. The predicted molar refractivity (Wildman–Crippen MR) is 76.0 cm³/mol. The van der Waals surface area contributed by atoms with E-state index >= 15 is 0 Å². The Balaban J connectivity index is 1.74. The van der Waals surface area contributed by atoms with Crippen LogP contribution in [0.2, 0.25) is 0 Å². The Hall–Kier alpha value is -2.02. The zero-order valence-electron chi connectivity index (χ0n) is 10.7. The van der Waals surface area contributed by atoms with Crippen molar-refractivity contribution in [2.45, 2.75) is 13.3 Å². The number of hydrogen-bond acceptors (Lipinski definition) is 1. The van der Waals surface area contributed by atoms with Gasteiger partial charge in [-0.1, -0.05) is 60.2 Å². The Morgan fingerprint density at radius 3 is 2.33 bits per heavy atom. The summed E-state index contributed by atoms with van der Waals surface area (Å²) in [6.07, 6.45) is 5.16. The van der Waals surface area contributed by atoms with Gasteiger partial charge in [0.25, 0.3) is 0 Å². The molecule has 0 aromatic heterocycles. The molecule has 0 bridgehead atoms. The summed E-state index contributed by atoms with van der Waals surface area (Å²) in [4.78, 5) is 0. The van der Waals surface area contributed by atoms with Gasteiger partial charge in [-0.15, -0.1) is 0 Å². The minimum absolute atomic E-state index is 0.621. The van der Waals surface area contributed by atoms with E-state index < -0.39 is 0 Å². The summed E-state index contributed by atoms with van der Waals surface area (Å²) in [5, 5.41) is 0. The fourth-order valence-electron chi connectivity index (χ4n) is 1.68. The highest BCUT2D eigenvalue weighted by atomic mass is 16.5. The van der Waals surface area contributed by atoms with Crippen molar-refractivity contribution in [1.29, 1.82) is 0 Å². The summed E-state index contributed by atoms with van der Waals surface area (Å²) >= 11 is 0. The van der Waals surface area contributed by atoms with Gasteiger partial charge < -0.3 is 4.74 Å². The van der Waals surface area contributed by atoms with E-state index in [1.54, 1.807) is 0 Å². The van der Waals surface area contributed by atoms with Gasteiger partial charge in [0.2, 0.25) is 0 Å². The second-order valence-electron chi connectivity index (χ2n) is 4.29. The van der Waals surface area contributed by atoms with Crippen molar-refractivity contribution in [2.24, 2.45) is 0 Å². The molecule has 0 atom stereocenters. The third-order valence-corrected chi connectivity index (χ3v) is 2.73. The van der Waals surface area contributed by atoms with Crippen LogP contribution in [0, 0.1) is 6.92 Å². The topological polar surface area (TPSA) is 9.23 Å². The smallest absolute Gasteiger partial charge is 0.119 e. The van der Waals surface area contributed by atoms with Crippen molar-refractivity contribution in [2.75, 3.05) is 6.61 Å². The summed E-state index contributed by atoms with van der Waals surface area (Å²) in [5.74, 6) is 0.921. The normalized spacial score (nSPS) is 10.7. The van der Waals surface area contributed by atoms with E-state index in [2.05, 4.69) is 55.5 Å². The maximum absolute atomic E-state index is 5.61. The minimum Gasteiger partial charge on any atom is -0.490 e. The van der Waals surface area contributed by atoms with Crippen LogP contribution in [-0.2, 0) is 6.42 Å². The SMILES string of the molecule is Cc1ccc(OCC=CCc2ccccc2)cc1. The van der Waals surface area contributed by atoms with Crippen molar-refractivity contribution in [1.82, 2.24) is 0 Å². The fourth-order valence-corrected chi connectivity index (χ4v) is 1.68. The largest absolute Gasteiger partial charge is 0.490 e. The van der Waals surface area contributed by atoms with Crippen LogP contribution in [0.25, 0.3) is 0 Å². The molecule has 0 unspecified atom stereocenters. The lowest BCUT2D eigenvalue weighted by Crippen LogP contribution is -1.93. The van der Waals surface area contributed by atoms with Gasteiger partial charge in [-0.25, -0.2) is 0 Å². The maximum Gasteiger partial charge on any atom is 0.119 e. The summed E-state index contributed by atoms with van der Waals surface area (Å²) in [7, 11) is 0. The first-order valence-electron chi connectivity index (χ1n) is 6.23. The molecule has 0 aliphatic heterocycles. The number of aryl methyl sites for hydroxylation is 1. The first kappa shape index (κ1) is 12.4. The highest BCUT2D eigenvalue weighted by Gasteiger charge is 1.90. The van der Waals surface area contributed by atoms with Crippen molar-refractivity contribution < 1.29 is 4.74 Å². The molecular formula is C17H18O. The molecule has 0 saturated carbocycles. The van der Waals surface area contributed by atoms with Gasteiger partial charge in [0.05, 0.1) is 0 Å². The van der Waals surface area contributed by atoms with Crippen LogP contribution in [0.3, 0.4) is 0 Å². The molecule has 0 N–H and O–H groups in total. The molecule has 0 radical (unpaired) electrons. The second kappa shape index (κ2) is 6.65. The molecule has 2 aromatic rings. The first-order valence-corrected chi connectivity index (χ1v) is 6.23. The highest BCUT2D eigenvalue weighted by Crippen LogP contribution is 2.11. The van der Waals surface area contributed by atoms with Gasteiger partial charge in [-0.05, 0) is 31.0 Å². The van der Waals surface area contributed by atoms with Crippen molar-refractivity contribution in [3.63, 3.8) is 0 Å². The van der Waals surface area contributed by atoms with E-state index in [-0.39, 0.29) is 0 Å². The maximum atomic E-state index is 5.61. The average molecular weight is 238 g/mol. The first-order chi connectivity index (χ1) is 8.84. The zero-order chi connectivity index (χ0) is 12.6. The molecule has 2 aromatic carbocycles. The number of allylic oxidation sites excluding steroid dienone is 1. The van der Waals surface area contributed by atoms with Gasteiger partial charge in [0.1, 0.15) is 12.4 Å². The van der Waals surface area contributed by atoms with E-state index in [1.165, 1.54) is 11.1 Å².